The first-order valence-electron chi connectivity index (χ1n) is 7.27. The maximum Gasteiger partial charge on any atom is 0.251 e. The third kappa shape index (κ3) is 2.96. The highest BCUT2D eigenvalue weighted by molar-refractivity contribution is 6.30. The Morgan fingerprint density at radius 1 is 1.10 bits per heavy atom. The van der Waals surface area contributed by atoms with Crippen molar-refractivity contribution in [3.8, 4) is 0 Å². The zero-order valence-corrected chi connectivity index (χ0v) is 12.7. The lowest BCUT2D eigenvalue weighted by molar-refractivity contribution is 0.0904. The standard InChI is InChI=1S/C18H18ClNO/c1-12-4-2-3-5-15(12)18(21)20-17-11-10-16(17)13-6-8-14(19)9-7-13/h2-9,16-17H,10-11H2,1H3,(H,20,21)/t16-,17-/m0/s1. The summed E-state index contributed by atoms with van der Waals surface area (Å²) in [7, 11) is 0. The first-order valence-corrected chi connectivity index (χ1v) is 7.65. The molecule has 1 aliphatic rings. The van der Waals surface area contributed by atoms with Gasteiger partial charge in [0.15, 0.2) is 0 Å². The fraction of sp³-hybridized carbons (Fsp3) is 0.278. The van der Waals surface area contributed by atoms with Crippen LogP contribution in [0, 0.1) is 6.92 Å². The SMILES string of the molecule is Cc1ccccc1C(=O)N[C@H]1CC[C@H]1c1ccc(Cl)cc1. The lowest BCUT2D eigenvalue weighted by Crippen LogP contribution is -2.45. The highest BCUT2D eigenvalue weighted by Gasteiger charge is 2.33. The first kappa shape index (κ1) is 14.2. The molecule has 1 aliphatic carbocycles. The molecule has 2 nitrogen and oxygen atoms in total. The van der Waals surface area contributed by atoms with Crippen molar-refractivity contribution in [3.63, 3.8) is 0 Å². The number of aryl methyl sites for hydroxylation is 1. The van der Waals surface area contributed by atoms with Crippen molar-refractivity contribution in [2.24, 2.45) is 0 Å². The quantitative estimate of drug-likeness (QED) is 0.898. The summed E-state index contributed by atoms with van der Waals surface area (Å²) in [5.41, 5.74) is 3.03. The minimum absolute atomic E-state index is 0.0248. The molecule has 1 fully saturated rings. The number of amides is 1. The van der Waals surface area contributed by atoms with E-state index in [0.717, 1.165) is 29.0 Å². The predicted octanol–water partition coefficient (Wildman–Crippen LogP) is 4.32. The smallest absolute Gasteiger partial charge is 0.251 e. The molecule has 2 aromatic carbocycles. The molecule has 0 aliphatic heterocycles. The summed E-state index contributed by atoms with van der Waals surface area (Å²) >= 11 is 5.93. The molecule has 1 N–H and O–H groups in total. The Balaban J connectivity index is 1.70. The number of nitrogens with one attached hydrogen (secondary N) is 1. The van der Waals surface area contributed by atoms with Gasteiger partial charge in [0.2, 0.25) is 0 Å². The lowest BCUT2D eigenvalue weighted by atomic mass is 9.75. The van der Waals surface area contributed by atoms with E-state index in [1.165, 1.54) is 5.56 Å². The van der Waals surface area contributed by atoms with Crippen LogP contribution in [0.2, 0.25) is 5.02 Å². The largest absolute Gasteiger partial charge is 0.349 e. The maximum atomic E-state index is 12.4. The van der Waals surface area contributed by atoms with E-state index in [4.69, 9.17) is 11.6 Å². The Bertz CT molecular complexity index is 651. The van der Waals surface area contributed by atoms with Crippen molar-refractivity contribution in [2.45, 2.75) is 31.7 Å². The van der Waals surface area contributed by atoms with Crippen LogP contribution in [0.15, 0.2) is 48.5 Å². The van der Waals surface area contributed by atoms with Crippen LogP contribution in [0.1, 0.15) is 40.2 Å². The molecule has 0 heterocycles. The molecular weight excluding hydrogens is 282 g/mol. The van der Waals surface area contributed by atoms with Gasteiger partial charge >= 0.3 is 0 Å². The van der Waals surface area contributed by atoms with E-state index >= 15 is 0 Å². The van der Waals surface area contributed by atoms with Crippen molar-refractivity contribution in [1.29, 1.82) is 0 Å². The summed E-state index contributed by atoms with van der Waals surface area (Å²) in [6.45, 7) is 1.96. The first-order chi connectivity index (χ1) is 10.1. The molecule has 0 bridgehead atoms. The fourth-order valence-corrected chi connectivity index (χ4v) is 2.98. The van der Waals surface area contributed by atoms with E-state index in [1.54, 1.807) is 0 Å². The second kappa shape index (κ2) is 5.90. The Kier molecular flexibility index (Phi) is 3.98. The van der Waals surface area contributed by atoms with E-state index in [0.29, 0.717) is 5.92 Å². The van der Waals surface area contributed by atoms with Gasteiger partial charge in [-0.15, -0.1) is 0 Å². The van der Waals surface area contributed by atoms with Crippen molar-refractivity contribution in [3.05, 3.63) is 70.2 Å². The molecule has 3 heteroatoms. The number of hydrogen-bond donors (Lipinski definition) is 1. The number of benzene rings is 2. The summed E-state index contributed by atoms with van der Waals surface area (Å²) < 4.78 is 0. The summed E-state index contributed by atoms with van der Waals surface area (Å²) in [6, 6.07) is 15.8. The number of carbonyl (C=O) groups is 1. The highest BCUT2D eigenvalue weighted by Crippen LogP contribution is 2.37. The fourth-order valence-electron chi connectivity index (χ4n) is 2.86. The zero-order valence-electron chi connectivity index (χ0n) is 12.0. The molecule has 0 radical (unpaired) electrons. The van der Waals surface area contributed by atoms with Crippen LogP contribution in [0.5, 0.6) is 0 Å². The molecule has 0 unspecified atom stereocenters. The van der Waals surface area contributed by atoms with Crippen LogP contribution in [0.3, 0.4) is 0 Å². The maximum absolute atomic E-state index is 12.4. The van der Waals surface area contributed by atoms with Gasteiger partial charge in [-0.05, 0) is 49.1 Å². The normalized spacial score (nSPS) is 20.7. The van der Waals surface area contributed by atoms with E-state index in [-0.39, 0.29) is 11.9 Å². The third-order valence-corrected chi connectivity index (χ3v) is 4.53. The molecule has 0 saturated heterocycles. The summed E-state index contributed by atoms with van der Waals surface area (Å²) in [6.07, 6.45) is 2.14. The molecule has 21 heavy (non-hydrogen) atoms. The van der Waals surface area contributed by atoms with Gasteiger partial charge in [0.25, 0.3) is 5.91 Å². The number of carbonyl (C=O) groups excluding carboxylic acids is 1. The van der Waals surface area contributed by atoms with Gasteiger partial charge in [-0.3, -0.25) is 4.79 Å². The summed E-state index contributed by atoms with van der Waals surface area (Å²) in [5.74, 6) is 0.423. The van der Waals surface area contributed by atoms with Gasteiger partial charge in [-0.2, -0.15) is 0 Å². The molecule has 1 amide bonds. The van der Waals surface area contributed by atoms with Gasteiger partial charge in [-0.25, -0.2) is 0 Å². The Morgan fingerprint density at radius 3 is 2.43 bits per heavy atom. The van der Waals surface area contributed by atoms with Crippen molar-refractivity contribution < 1.29 is 4.79 Å². The lowest BCUT2D eigenvalue weighted by Gasteiger charge is -2.37. The Morgan fingerprint density at radius 2 is 1.81 bits per heavy atom. The number of halogens is 1. The van der Waals surface area contributed by atoms with Gasteiger partial charge in [-0.1, -0.05) is 41.9 Å². The van der Waals surface area contributed by atoms with Crippen LogP contribution in [-0.4, -0.2) is 11.9 Å². The van der Waals surface area contributed by atoms with Crippen LogP contribution in [0.4, 0.5) is 0 Å². The highest BCUT2D eigenvalue weighted by atomic mass is 35.5. The minimum Gasteiger partial charge on any atom is -0.349 e. The minimum atomic E-state index is 0.0248. The topological polar surface area (TPSA) is 29.1 Å². The van der Waals surface area contributed by atoms with Crippen LogP contribution in [-0.2, 0) is 0 Å². The van der Waals surface area contributed by atoms with Crippen LogP contribution < -0.4 is 5.32 Å². The molecule has 2 atom stereocenters. The van der Waals surface area contributed by atoms with E-state index in [1.807, 2.05) is 43.3 Å². The van der Waals surface area contributed by atoms with Gasteiger partial charge < -0.3 is 5.32 Å². The Labute approximate surface area is 130 Å². The average Bonchev–Trinajstić information content (AvgIpc) is 2.46. The van der Waals surface area contributed by atoms with Crippen LogP contribution in [0.25, 0.3) is 0 Å². The number of hydrogen-bond acceptors (Lipinski definition) is 1. The average molecular weight is 300 g/mol. The number of rotatable bonds is 3. The van der Waals surface area contributed by atoms with E-state index in [2.05, 4.69) is 17.4 Å². The second-order valence-corrected chi connectivity index (χ2v) is 6.07. The van der Waals surface area contributed by atoms with Crippen molar-refractivity contribution in [2.75, 3.05) is 0 Å². The predicted molar refractivity (Wildman–Crippen MR) is 85.9 cm³/mol. The second-order valence-electron chi connectivity index (χ2n) is 5.63. The monoisotopic (exact) mass is 299 g/mol. The van der Waals surface area contributed by atoms with Crippen molar-refractivity contribution in [1.82, 2.24) is 5.32 Å². The van der Waals surface area contributed by atoms with E-state index < -0.39 is 0 Å². The Hall–Kier alpha value is -1.80. The molecule has 3 rings (SSSR count). The van der Waals surface area contributed by atoms with E-state index in [9.17, 15) is 4.79 Å². The molecule has 1 saturated carbocycles. The zero-order chi connectivity index (χ0) is 14.8. The molecular formula is C18H18ClNO. The van der Waals surface area contributed by atoms with Crippen LogP contribution >= 0.6 is 11.6 Å². The molecule has 2 aromatic rings. The van der Waals surface area contributed by atoms with Gasteiger partial charge in [0.1, 0.15) is 0 Å². The van der Waals surface area contributed by atoms with Gasteiger partial charge in [0.05, 0.1) is 0 Å². The molecule has 108 valence electrons. The summed E-state index contributed by atoms with van der Waals surface area (Å²) in [5, 5.41) is 3.91. The molecule has 0 spiro atoms. The third-order valence-electron chi connectivity index (χ3n) is 4.28. The molecule has 0 aromatic heterocycles. The summed E-state index contributed by atoms with van der Waals surface area (Å²) in [4.78, 5) is 12.4. The van der Waals surface area contributed by atoms with Crippen molar-refractivity contribution >= 4 is 17.5 Å². The van der Waals surface area contributed by atoms with Gasteiger partial charge in [0, 0.05) is 22.5 Å².